The number of methoxy groups -OCH3 is 1. The molecule has 0 radical (unpaired) electrons. The predicted octanol–water partition coefficient (Wildman–Crippen LogP) is 6.28. The molecule has 4 rings (SSSR count). The number of carbonyl (C=O) groups is 1. The second-order valence-corrected chi connectivity index (χ2v) is 7.74. The molecule has 2 heterocycles. The quantitative estimate of drug-likeness (QED) is 0.363. The number of hydrogen-bond donors (Lipinski definition) is 1. The summed E-state index contributed by atoms with van der Waals surface area (Å²) in [6.07, 6.45) is 5.06. The van der Waals surface area contributed by atoms with Crippen molar-refractivity contribution in [2.24, 2.45) is 0 Å². The van der Waals surface area contributed by atoms with Crippen LogP contribution in [0.25, 0.3) is 23.0 Å². The fourth-order valence-corrected chi connectivity index (χ4v) is 3.54. The molecule has 4 aromatic rings. The Labute approximate surface area is 189 Å². The molecule has 156 valence electrons. The number of pyridine rings is 1. The van der Waals surface area contributed by atoms with Gasteiger partial charge in [-0.05, 0) is 54.5 Å². The van der Waals surface area contributed by atoms with Gasteiger partial charge in [0.25, 0.3) is 0 Å². The van der Waals surface area contributed by atoms with E-state index < -0.39 is 0 Å². The Morgan fingerprint density at radius 2 is 1.94 bits per heavy atom. The molecule has 0 fully saturated rings. The summed E-state index contributed by atoms with van der Waals surface area (Å²) in [5.74, 6) is 0.992. The molecule has 0 aliphatic heterocycles. The maximum Gasteiger partial charge on any atom is 0.249 e. The highest BCUT2D eigenvalue weighted by atomic mass is 35.5. The number of hydrogen-bond acceptors (Lipinski definition) is 3. The summed E-state index contributed by atoms with van der Waals surface area (Å²) in [4.78, 5) is 17.5. The molecule has 0 spiro atoms. The number of imidazole rings is 1. The van der Waals surface area contributed by atoms with E-state index in [2.05, 4.69) is 5.32 Å². The van der Waals surface area contributed by atoms with E-state index in [0.29, 0.717) is 21.6 Å². The number of benzene rings is 2. The van der Waals surface area contributed by atoms with Crippen molar-refractivity contribution in [3.05, 3.63) is 88.0 Å². The molecule has 2 aromatic carbocycles. The highest BCUT2D eigenvalue weighted by Crippen LogP contribution is 2.33. The van der Waals surface area contributed by atoms with Gasteiger partial charge in [0.2, 0.25) is 5.91 Å². The number of rotatable bonds is 5. The van der Waals surface area contributed by atoms with Crippen LogP contribution in [0.1, 0.15) is 11.1 Å². The number of ether oxygens (including phenoxy) is 1. The summed E-state index contributed by atoms with van der Waals surface area (Å²) in [6, 6.07) is 16.6. The van der Waals surface area contributed by atoms with Gasteiger partial charge in [-0.25, -0.2) is 4.98 Å². The van der Waals surface area contributed by atoms with Crippen molar-refractivity contribution in [2.75, 3.05) is 12.4 Å². The maximum atomic E-state index is 12.8. The van der Waals surface area contributed by atoms with Crippen LogP contribution in [0.2, 0.25) is 10.0 Å². The van der Waals surface area contributed by atoms with Crippen LogP contribution in [-0.4, -0.2) is 22.4 Å². The first-order valence-corrected chi connectivity index (χ1v) is 10.3. The zero-order valence-electron chi connectivity index (χ0n) is 16.9. The minimum absolute atomic E-state index is 0.285. The highest BCUT2D eigenvalue weighted by molar-refractivity contribution is 6.42. The Kier molecular flexibility index (Phi) is 5.98. The summed E-state index contributed by atoms with van der Waals surface area (Å²) < 4.78 is 7.07. The molecular formula is C24H19Cl2N3O2. The molecule has 1 N–H and O–H groups in total. The van der Waals surface area contributed by atoms with Crippen LogP contribution in [0.5, 0.6) is 5.75 Å². The standard InChI is InChI=1S/C24H19Cl2N3O2/c1-15-5-4-12-29-23(15)28-22(17-9-10-19(25)20(26)14-17)24(29)27-21(30)11-8-16-6-3-7-18(13-16)31-2/h3-14H,1-2H3,(H,27,30)/b11-8+. The average molecular weight is 452 g/mol. The first-order valence-electron chi connectivity index (χ1n) is 9.52. The van der Waals surface area contributed by atoms with E-state index in [9.17, 15) is 4.79 Å². The number of halogens is 2. The SMILES string of the molecule is COc1cccc(/C=C/C(=O)Nc2c(-c3ccc(Cl)c(Cl)c3)nc3c(C)cccn23)c1. The first kappa shape index (κ1) is 21.0. The summed E-state index contributed by atoms with van der Waals surface area (Å²) in [7, 11) is 1.60. The molecule has 0 aliphatic carbocycles. The molecule has 1 amide bonds. The third-order valence-electron chi connectivity index (χ3n) is 4.80. The van der Waals surface area contributed by atoms with Gasteiger partial charge in [-0.2, -0.15) is 0 Å². The minimum Gasteiger partial charge on any atom is -0.497 e. The van der Waals surface area contributed by atoms with E-state index in [-0.39, 0.29) is 5.91 Å². The van der Waals surface area contributed by atoms with Gasteiger partial charge in [0.05, 0.1) is 17.2 Å². The van der Waals surface area contributed by atoms with Crippen LogP contribution >= 0.6 is 23.2 Å². The van der Waals surface area contributed by atoms with Crippen LogP contribution in [0.4, 0.5) is 5.82 Å². The molecule has 0 bridgehead atoms. The Balaban J connectivity index is 1.72. The lowest BCUT2D eigenvalue weighted by Crippen LogP contribution is -2.10. The second kappa shape index (κ2) is 8.84. The molecule has 2 aromatic heterocycles. The number of carbonyl (C=O) groups excluding carboxylic acids is 1. The largest absolute Gasteiger partial charge is 0.497 e. The normalized spacial score (nSPS) is 11.2. The van der Waals surface area contributed by atoms with Crippen molar-refractivity contribution in [3.8, 4) is 17.0 Å². The Morgan fingerprint density at radius 3 is 2.71 bits per heavy atom. The third kappa shape index (κ3) is 4.43. The van der Waals surface area contributed by atoms with E-state index in [0.717, 1.165) is 28.1 Å². The van der Waals surface area contributed by atoms with Crippen molar-refractivity contribution < 1.29 is 9.53 Å². The summed E-state index contributed by atoms with van der Waals surface area (Å²) >= 11 is 12.3. The Bertz CT molecular complexity index is 1310. The molecule has 0 aliphatic rings. The van der Waals surface area contributed by atoms with Crippen molar-refractivity contribution >= 4 is 46.7 Å². The van der Waals surface area contributed by atoms with Gasteiger partial charge in [-0.3, -0.25) is 9.20 Å². The van der Waals surface area contributed by atoms with Crippen molar-refractivity contribution in [3.63, 3.8) is 0 Å². The molecular weight excluding hydrogens is 433 g/mol. The lowest BCUT2D eigenvalue weighted by Gasteiger charge is -2.07. The van der Waals surface area contributed by atoms with Gasteiger partial charge in [0, 0.05) is 17.8 Å². The van der Waals surface area contributed by atoms with Crippen molar-refractivity contribution in [1.29, 1.82) is 0 Å². The van der Waals surface area contributed by atoms with Crippen LogP contribution in [0, 0.1) is 6.92 Å². The first-order chi connectivity index (χ1) is 15.0. The van der Waals surface area contributed by atoms with Gasteiger partial charge in [0.1, 0.15) is 22.9 Å². The van der Waals surface area contributed by atoms with E-state index in [1.165, 1.54) is 6.08 Å². The van der Waals surface area contributed by atoms with E-state index in [4.69, 9.17) is 32.9 Å². The zero-order valence-corrected chi connectivity index (χ0v) is 18.4. The number of aryl methyl sites for hydroxylation is 1. The molecule has 0 saturated heterocycles. The summed E-state index contributed by atoms with van der Waals surface area (Å²) in [5.41, 5.74) is 3.95. The van der Waals surface area contributed by atoms with Gasteiger partial charge < -0.3 is 10.1 Å². The summed E-state index contributed by atoms with van der Waals surface area (Å²) in [6.45, 7) is 1.97. The van der Waals surface area contributed by atoms with Gasteiger partial charge in [-0.1, -0.05) is 47.5 Å². The lowest BCUT2D eigenvalue weighted by atomic mass is 10.1. The molecule has 7 heteroatoms. The number of amides is 1. The highest BCUT2D eigenvalue weighted by Gasteiger charge is 2.17. The van der Waals surface area contributed by atoms with Gasteiger partial charge in [-0.15, -0.1) is 0 Å². The smallest absolute Gasteiger partial charge is 0.249 e. The van der Waals surface area contributed by atoms with Crippen LogP contribution < -0.4 is 10.1 Å². The number of anilines is 1. The lowest BCUT2D eigenvalue weighted by molar-refractivity contribution is -0.111. The minimum atomic E-state index is -0.285. The third-order valence-corrected chi connectivity index (χ3v) is 5.54. The van der Waals surface area contributed by atoms with E-state index in [1.54, 1.807) is 25.3 Å². The second-order valence-electron chi connectivity index (χ2n) is 6.92. The molecule has 5 nitrogen and oxygen atoms in total. The molecule has 0 unspecified atom stereocenters. The van der Waals surface area contributed by atoms with Crippen molar-refractivity contribution in [2.45, 2.75) is 6.92 Å². The summed E-state index contributed by atoms with van der Waals surface area (Å²) in [5, 5.41) is 3.83. The maximum absolute atomic E-state index is 12.8. The zero-order chi connectivity index (χ0) is 22.0. The number of fused-ring (bicyclic) bond motifs is 1. The topological polar surface area (TPSA) is 55.6 Å². The Hall–Kier alpha value is -3.28. The van der Waals surface area contributed by atoms with Crippen LogP contribution in [0.3, 0.4) is 0 Å². The molecule has 0 saturated carbocycles. The van der Waals surface area contributed by atoms with E-state index >= 15 is 0 Å². The average Bonchev–Trinajstić information content (AvgIpc) is 3.14. The van der Waals surface area contributed by atoms with Gasteiger partial charge >= 0.3 is 0 Å². The monoisotopic (exact) mass is 451 g/mol. The van der Waals surface area contributed by atoms with Crippen LogP contribution in [0.15, 0.2) is 66.9 Å². The number of nitrogens with one attached hydrogen (secondary N) is 1. The number of nitrogens with zero attached hydrogens (tertiary/aromatic N) is 2. The fraction of sp³-hybridized carbons (Fsp3) is 0.0833. The van der Waals surface area contributed by atoms with E-state index in [1.807, 2.05) is 60.0 Å². The number of aromatic nitrogens is 2. The fourth-order valence-electron chi connectivity index (χ4n) is 3.24. The van der Waals surface area contributed by atoms with Gasteiger partial charge in [0.15, 0.2) is 0 Å². The predicted molar refractivity (Wildman–Crippen MR) is 126 cm³/mol. The Morgan fingerprint density at radius 1 is 1.10 bits per heavy atom. The molecule has 31 heavy (non-hydrogen) atoms. The van der Waals surface area contributed by atoms with Crippen molar-refractivity contribution in [1.82, 2.24) is 9.38 Å². The van der Waals surface area contributed by atoms with Crippen LogP contribution in [-0.2, 0) is 4.79 Å². The molecule has 0 atom stereocenters.